The fourth-order valence-corrected chi connectivity index (χ4v) is 2.86. The van der Waals surface area contributed by atoms with Crippen LogP contribution in [-0.4, -0.2) is 22.8 Å². The molecule has 0 spiro atoms. The Morgan fingerprint density at radius 3 is 3.00 bits per heavy atom. The standard InChI is InChI=1S/C10H18N4S/c1-2-9-13-14-10(15-9)12-8-5-3-4-7(8)6-11/h7-8H,2-6,11H2,1H3,(H,12,14). The Morgan fingerprint density at radius 1 is 1.47 bits per heavy atom. The molecule has 1 heterocycles. The quantitative estimate of drug-likeness (QED) is 0.819. The largest absolute Gasteiger partial charge is 0.357 e. The van der Waals surface area contributed by atoms with E-state index < -0.39 is 0 Å². The summed E-state index contributed by atoms with van der Waals surface area (Å²) in [6.45, 7) is 2.87. The second-order valence-electron chi connectivity index (χ2n) is 4.03. The van der Waals surface area contributed by atoms with Crippen molar-refractivity contribution in [3.8, 4) is 0 Å². The SMILES string of the molecule is CCc1nnc(NC2CCCC2CN)s1. The number of nitrogens with zero attached hydrogens (tertiary/aromatic N) is 2. The summed E-state index contributed by atoms with van der Waals surface area (Å²) in [4.78, 5) is 0. The van der Waals surface area contributed by atoms with Crippen molar-refractivity contribution >= 4 is 16.5 Å². The van der Waals surface area contributed by atoms with Gasteiger partial charge in [-0.2, -0.15) is 0 Å². The molecule has 0 aromatic carbocycles. The number of nitrogens with two attached hydrogens (primary N) is 1. The topological polar surface area (TPSA) is 63.8 Å². The molecule has 2 atom stereocenters. The number of nitrogens with one attached hydrogen (secondary N) is 1. The van der Waals surface area contributed by atoms with Gasteiger partial charge in [0.05, 0.1) is 0 Å². The molecule has 2 unspecified atom stereocenters. The number of rotatable bonds is 4. The predicted octanol–water partition coefficient (Wildman–Crippen LogP) is 1.64. The Hall–Kier alpha value is -0.680. The zero-order chi connectivity index (χ0) is 10.7. The summed E-state index contributed by atoms with van der Waals surface area (Å²) >= 11 is 1.66. The van der Waals surface area contributed by atoms with E-state index in [1.807, 2.05) is 0 Å². The molecule has 15 heavy (non-hydrogen) atoms. The average molecular weight is 226 g/mol. The Morgan fingerprint density at radius 2 is 2.33 bits per heavy atom. The van der Waals surface area contributed by atoms with Gasteiger partial charge < -0.3 is 11.1 Å². The maximum absolute atomic E-state index is 5.74. The molecule has 1 aromatic heterocycles. The summed E-state index contributed by atoms with van der Waals surface area (Å²) in [5, 5.41) is 13.8. The molecular weight excluding hydrogens is 208 g/mol. The molecule has 0 amide bonds. The molecule has 1 fully saturated rings. The van der Waals surface area contributed by atoms with Crippen LogP contribution < -0.4 is 11.1 Å². The van der Waals surface area contributed by atoms with Crippen molar-refractivity contribution in [2.45, 2.75) is 38.6 Å². The van der Waals surface area contributed by atoms with E-state index in [1.54, 1.807) is 11.3 Å². The van der Waals surface area contributed by atoms with E-state index in [0.717, 1.165) is 23.1 Å². The molecular formula is C10H18N4S. The van der Waals surface area contributed by atoms with Gasteiger partial charge in [0, 0.05) is 6.04 Å². The molecule has 1 aliphatic carbocycles. The zero-order valence-corrected chi connectivity index (χ0v) is 9.89. The van der Waals surface area contributed by atoms with E-state index in [1.165, 1.54) is 19.3 Å². The van der Waals surface area contributed by atoms with Crippen molar-refractivity contribution in [2.24, 2.45) is 11.7 Å². The van der Waals surface area contributed by atoms with Gasteiger partial charge in [-0.1, -0.05) is 24.7 Å². The first-order valence-electron chi connectivity index (χ1n) is 5.62. The first kappa shape index (κ1) is 10.8. The Balaban J connectivity index is 1.95. The molecule has 1 saturated carbocycles. The Bertz CT molecular complexity index is 312. The van der Waals surface area contributed by atoms with Gasteiger partial charge in [0.25, 0.3) is 0 Å². The minimum Gasteiger partial charge on any atom is -0.357 e. The highest BCUT2D eigenvalue weighted by atomic mass is 32.1. The smallest absolute Gasteiger partial charge is 0.205 e. The summed E-state index contributed by atoms with van der Waals surface area (Å²) in [5.41, 5.74) is 5.74. The molecule has 1 aliphatic rings. The fourth-order valence-electron chi connectivity index (χ4n) is 2.12. The lowest BCUT2D eigenvalue weighted by atomic mass is 10.0. The summed E-state index contributed by atoms with van der Waals surface area (Å²) in [6.07, 6.45) is 4.69. The van der Waals surface area contributed by atoms with E-state index in [0.29, 0.717) is 12.0 Å². The van der Waals surface area contributed by atoms with Crippen molar-refractivity contribution in [1.29, 1.82) is 0 Å². The first-order valence-corrected chi connectivity index (χ1v) is 6.44. The highest BCUT2D eigenvalue weighted by Crippen LogP contribution is 2.28. The van der Waals surface area contributed by atoms with Crippen molar-refractivity contribution in [2.75, 3.05) is 11.9 Å². The molecule has 5 heteroatoms. The maximum Gasteiger partial charge on any atom is 0.205 e. The molecule has 0 radical (unpaired) electrons. The van der Waals surface area contributed by atoms with Crippen LogP contribution in [0.15, 0.2) is 0 Å². The van der Waals surface area contributed by atoms with E-state index in [4.69, 9.17) is 5.73 Å². The zero-order valence-electron chi connectivity index (χ0n) is 9.07. The number of anilines is 1. The molecule has 3 N–H and O–H groups in total. The van der Waals surface area contributed by atoms with Crippen molar-refractivity contribution in [3.05, 3.63) is 5.01 Å². The molecule has 0 saturated heterocycles. The van der Waals surface area contributed by atoms with Gasteiger partial charge >= 0.3 is 0 Å². The third-order valence-corrected chi connectivity index (χ3v) is 4.04. The van der Waals surface area contributed by atoms with Crippen molar-refractivity contribution < 1.29 is 0 Å². The fraction of sp³-hybridized carbons (Fsp3) is 0.800. The minimum absolute atomic E-state index is 0.507. The molecule has 84 valence electrons. The number of aryl methyl sites for hydroxylation is 1. The predicted molar refractivity (Wildman–Crippen MR) is 63.1 cm³/mol. The molecule has 0 bridgehead atoms. The van der Waals surface area contributed by atoms with Gasteiger partial charge in [0.1, 0.15) is 5.01 Å². The van der Waals surface area contributed by atoms with Crippen LogP contribution in [-0.2, 0) is 6.42 Å². The third kappa shape index (κ3) is 2.46. The highest BCUT2D eigenvalue weighted by Gasteiger charge is 2.26. The maximum atomic E-state index is 5.74. The highest BCUT2D eigenvalue weighted by molar-refractivity contribution is 7.15. The van der Waals surface area contributed by atoms with Crippen LogP contribution in [0.25, 0.3) is 0 Å². The number of hydrogen-bond donors (Lipinski definition) is 2. The summed E-state index contributed by atoms with van der Waals surface area (Å²) in [7, 11) is 0. The molecule has 2 rings (SSSR count). The summed E-state index contributed by atoms with van der Waals surface area (Å²) in [5.74, 6) is 0.610. The second kappa shape index (κ2) is 4.90. The lowest BCUT2D eigenvalue weighted by molar-refractivity contribution is 0.516. The van der Waals surface area contributed by atoms with Gasteiger partial charge in [0.2, 0.25) is 5.13 Å². The van der Waals surface area contributed by atoms with Crippen LogP contribution in [0.5, 0.6) is 0 Å². The van der Waals surface area contributed by atoms with Gasteiger partial charge in [-0.3, -0.25) is 0 Å². The van der Waals surface area contributed by atoms with Crippen LogP contribution in [0.1, 0.15) is 31.2 Å². The summed E-state index contributed by atoms with van der Waals surface area (Å²) < 4.78 is 0. The van der Waals surface area contributed by atoms with Gasteiger partial charge in [-0.15, -0.1) is 10.2 Å². The second-order valence-corrected chi connectivity index (χ2v) is 5.09. The Labute approximate surface area is 94.3 Å². The minimum atomic E-state index is 0.507. The number of aromatic nitrogens is 2. The van der Waals surface area contributed by atoms with Gasteiger partial charge in [-0.25, -0.2) is 0 Å². The van der Waals surface area contributed by atoms with Crippen LogP contribution in [0.4, 0.5) is 5.13 Å². The molecule has 4 nitrogen and oxygen atoms in total. The lowest BCUT2D eigenvalue weighted by Crippen LogP contribution is -2.29. The van der Waals surface area contributed by atoms with Gasteiger partial charge in [0.15, 0.2) is 0 Å². The monoisotopic (exact) mass is 226 g/mol. The van der Waals surface area contributed by atoms with E-state index >= 15 is 0 Å². The molecule has 0 aliphatic heterocycles. The normalized spacial score (nSPS) is 25.7. The average Bonchev–Trinajstić information content (AvgIpc) is 2.87. The first-order chi connectivity index (χ1) is 7.33. The third-order valence-electron chi connectivity index (χ3n) is 3.04. The lowest BCUT2D eigenvalue weighted by Gasteiger charge is -2.18. The molecule has 1 aromatic rings. The summed E-state index contributed by atoms with van der Waals surface area (Å²) in [6, 6.07) is 0.507. The van der Waals surface area contributed by atoms with E-state index in [9.17, 15) is 0 Å². The van der Waals surface area contributed by atoms with E-state index in [2.05, 4.69) is 22.4 Å². The Kier molecular flexibility index (Phi) is 3.53. The van der Waals surface area contributed by atoms with Crippen molar-refractivity contribution in [1.82, 2.24) is 10.2 Å². The van der Waals surface area contributed by atoms with Crippen LogP contribution in [0, 0.1) is 5.92 Å². The van der Waals surface area contributed by atoms with Crippen LogP contribution in [0.2, 0.25) is 0 Å². The van der Waals surface area contributed by atoms with E-state index in [-0.39, 0.29) is 0 Å². The number of hydrogen-bond acceptors (Lipinski definition) is 5. The van der Waals surface area contributed by atoms with Crippen LogP contribution >= 0.6 is 11.3 Å². The van der Waals surface area contributed by atoms with Gasteiger partial charge in [-0.05, 0) is 31.7 Å². The van der Waals surface area contributed by atoms with Crippen LogP contribution in [0.3, 0.4) is 0 Å². The van der Waals surface area contributed by atoms with Crippen molar-refractivity contribution in [3.63, 3.8) is 0 Å².